The molecule has 3 rings (SSSR count). The SMILES string of the molecule is O=C(CCC(=O)c1ccc(F)cc1)N[C@@H]1C[C@H]2OCC[C@@H]12. The van der Waals surface area contributed by atoms with Crippen molar-refractivity contribution < 1.29 is 18.7 Å². The Morgan fingerprint density at radius 1 is 1.24 bits per heavy atom. The normalized spacial score (nSPS) is 26.8. The minimum atomic E-state index is -0.373. The molecule has 0 unspecified atom stereocenters. The minimum absolute atomic E-state index is 0.0965. The average molecular weight is 291 g/mol. The van der Waals surface area contributed by atoms with Gasteiger partial charge in [-0.05, 0) is 37.1 Å². The van der Waals surface area contributed by atoms with Crippen molar-refractivity contribution in [1.29, 1.82) is 0 Å². The quantitative estimate of drug-likeness (QED) is 0.845. The number of amides is 1. The fraction of sp³-hybridized carbons (Fsp3) is 0.500. The molecule has 1 aliphatic carbocycles. The summed E-state index contributed by atoms with van der Waals surface area (Å²) in [6.07, 6.45) is 2.52. The maximum atomic E-state index is 12.8. The van der Waals surface area contributed by atoms with Gasteiger partial charge in [-0.2, -0.15) is 0 Å². The van der Waals surface area contributed by atoms with Crippen LogP contribution in [0.3, 0.4) is 0 Å². The summed E-state index contributed by atoms with van der Waals surface area (Å²) in [5, 5.41) is 2.97. The lowest BCUT2D eigenvalue weighted by atomic mass is 9.76. The van der Waals surface area contributed by atoms with Crippen molar-refractivity contribution in [2.45, 2.75) is 37.8 Å². The van der Waals surface area contributed by atoms with E-state index in [0.29, 0.717) is 17.6 Å². The molecule has 2 fully saturated rings. The van der Waals surface area contributed by atoms with E-state index in [1.165, 1.54) is 24.3 Å². The third-order valence-corrected chi connectivity index (χ3v) is 4.36. The molecule has 1 N–H and O–H groups in total. The Morgan fingerprint density at radius 2 is 2.00 bits per heavy atom. The lowest BCUT2D eigenvalue weighted by Crippen LogP contribution is -2.53. The third kappa shape index (κ3) is 3.13. The van der Waals surface area contributed by atoms with Gasteiger partial charge in [-0.1, -0.05) is 0 Å². The Morgan fingerprint density at radius 3 is 2.71 bits per heavy atom. The van der Waals surface area contributed by atoms with Crippen molar-refractivity contribution in [2.24, 2.45) is 5.92 Å². The molecule has 1 saturated carbocycles. The van der Waals surface area contributed by atoms with Crippen LogP contribution >= 0.6 is 0 Å². The van der Waals surface area contributed by atoms with Crippen molar-refractivity contribution >= 4 is 11.7 Å². The summed E-state index contributed by atoms with van der Waals surface area (Å²) in [6, 6.07) is 5.60. The van der Waals surface area contributed by atoms with Gasteiger partial charge in [-0.25, -0.2) is 4.39 Å². The molecule has 1 aliphatic heterocycles. The summed E-state index contributed by atoms with van der Waals surface area (Å²) in [6.45, 7) is 0.782. The van der Waals surface area contributed by atoms with E-state index >= 15 is 0 Å². The Bertz CT molecular complexity index is 543. The second-order valence-corrected chi connectivity index (χ2v) is 5.70. The Balaban J connectivity index is 1.43. The van der Waals surface area contributed by atoms with Gasteiger partial charge < -0.3 is 10.1 Å². The monoisotopic (exact) mass is 291 g/mol. The lowest BCUT2D eigenvalue weighted by Gasteiger charge is -2.39. The summed E-state index contributed by atoms with van der Waals surface area (Å²) in [5.74, 6) is -0.161. The van der Waals surface area contributed by atoms with E-state index < -0.39 is 0 Å². The number of nitrogens with one attached hydrogen (secondary N) is 1. The fourth-order valence-corrected chi connectivity index (χ4v) is 3.05. The van der Waals surface area contributed by atoms with Crippen LogP contribution in [0.25, 0.3) is 0 Å². The molecule has 5 heteroatoms. The first-order valence-corrected chi connectivity index (χ1v) is 7.33. The van der Waals surface area contributed by atoms with E-state index in [9.17, 15) is 14.0 Å². The largest absolute Gasteiger partial charge is 0.378 e. The number of Topliss-reactive ketones (excluding diaryl/α,β-unsaturated/α-hetero) is 1. The molecule has 21 heavy (non-hydrogen) atoms. The summed E-state index contributed by atoms with van der Waals surface area (Å²) in [7, 11) is 0. The number of ether oxygens (including phenoxy) is 1. The molecule has 112 valence electrons. The Labute approximate surface area is 122 Å². The molecular formula is C16H18FNO3. The smallest absolute Gasteiger partial charge is 0.220 e. The van der Waals surface area contributed by atoms with Crippen LogP contribution in [0.4, 0.5) is 4.39 Å². The second kappa shape index (κ2) is 5.93. The first-order valence-electron chi connectivity index (χ1n) is 7.33. The van der Waals surface area contributed by atoms with Crippen LogP contribution in [0, 0.1) is 11.7 Å². The van der Waals surface area contributed by atoms with Crippen LogP contribution in [0.5, 0.6) is 0 Å². The summed E-state index contributed by atoms with van der Waals surface area (Å²) >= 11 is 0. The van der Waals surface area contributed by atoms with Crippen LogP contribution in [-0.4, -0.2) is 30.4 Å². The van der Waals surface area contributed by atoms with E-state index in [4.69, 9.17) is 4.74 Å². The summed E-state index contributed by atoms with van der Waals surface area (Å²) in [5.41, 5.74) is 0.442. The van der Waals surface area contributed by atoms with E-state index in [0.717, 1.165) is 19.4 Å². The topological polar surface area (TPSA) is 55.4 Å². The molecule has 4 nitrogen and oxygen atoms in total. The summed E-state index contributed by atoms with van der Waals surface area (Å²) in [4.78, 5) is 23.8. The molecule has 2 aliphatic rings. The van der Waals surface area contributed by atoms with Gasteiger partial charge in [0.15, 0.2) is 5.78 Å². The molecule has 1 saturated heterocycles. The molecule has 3 atom stereocenters. The molecular weight excluding hydrogens is 273 g/mol. The number of benzene rings is 1. The number of ketones is 1. The zero-order valence-electron chi connectivity index (χ0n) is 11.7. The summed E-state index contributed by atoms with van der Waals surface area (Å²) < 4.78 is 18.3. The zero-order valence-corrected chi connectivity index (χ0v) is 11.7. The number of carbonyl (C=O) groups is 2. The van der Waals surface area contributed by atoms with Crippen molar-refractivity contribution in [3.63, 3.8) is 0 Å². The average Bonchev–Trinajstić information content (AvgIpc) is 2.84. The van der Waals surface area contributed by atoms with Crippen LogP contribution in [0.15, 0.2) is 24.3 Å². The van der Waals surface area contributed by atoms with Crippen LogP contribution in [0.1, 0.15) is 36.0 Å². The molecule has 1 aromatic rings. The van der Waals surface area contributed by atoms with Crippen LogP contribution in [-0.2, 0) is 9.53 Å². The molecule has 0 aromatic heterocycles. The highest BCUT2D eigenvalue weighted by Gasteiger charge is 2.45. The van der Waals surface area contributed by atoms with Crippen molar-refractivity contribution in [3.8, 4) is 0 Å². The lowest BCUT2D eigenvalue weighted by molar-refractivity contribution is -0.124. The van der Waals surface area contributed by atoms with Gasteiger partial charge in [0.25, 0.3) is 0 Å². The van der Waals surface area contributed by atoms with Gasteiger partial charge in [-0.15, -0.1) is 0 Å². The first kappa shape index (κ1) is 14.2. The molecule has 0 bridgehead atoms. The number of carbonyl (C=O) groups excluding carboxylic acids is 2. The highest BCUT2D eigenvalue weighted by atomic mass is 19.1. The molecule has 0 spiro atoms. The van der Waals surface area contributed by atoms with Crippen molar-refractivity contribution in [2.75, 3.05) is 6.61 Å². The van der Waals surface area contributed by atoms with Gasteiger partial charge in [0, 0.05) is 37.0 Å². The number of hydrogen-bond acceptors (Lipinski definition) is 3. The number of hydrogen-bond donors (Lipinski definition) is 1. The second-order valence-electron chi connectivity index (χ2n) is 5.70. The number of fused-ring (bicyclic) bond motifs is 1. The molecule has 0 radical (unpaired) electrons. The first-order chi connectivity index (χ1) is 10.1. The number of halogens is 1. The third-order valence-electron chi connectivity index (χ3n) is 4.36. The maximum absolute atomic E-state index is 12.8. The fourth-order valence-electron chi connectivity index (χ4n) is 3.05. The van der Waals surface area contributed by atoms with Gasteiger partial charge in [0.2, 0.25) is 5.91 Å². The predicted molar refractivity (Wildman–Crippen MR) is 74.4 cm³/mol. The van der Waals surface area contributed by atoms with Gasteiger partial charge in [0.1, 0.15) is 5.82 Å². The van der Waals surface area contributed by atoms with E-state index in [1.54, 1.807) is 0 Å². The van der Waals surface area contributed by atoms with E-state index in [2.05, 4.69) is 5.32 Å². The highest BCUT2D eigenvalue weighted by Crippen LogP contribution is 2.38. The molecule has 1 aromatic carbocycles. The van der Waals surface area contributed by atoms with E-state index in [-0.39, 0.29) is 36.4 Å². The highest BCUT2D eigenvalue weighted by molar-refractivity contribution is 5.97. The van der Waals surface area contributed by atoms with Crippen LogP contribution < -0.4 is 5.32 Å². The standard InChI is InChI=1S/C16H18FNO3/c17-11-3-1-10(2-4-11)14(19)5-6-16(20)18-13-9-15-12(13)7-8-21-15/h1-4,12-13,15H,5-9H2,(H,18,20)/t12-,13+,15+/m0/s1. The minimum Gasteiger partial charge on any atom is -0.378 e. The molecule has 1 heterocycles. The van der Waals surface area contributed by atoms with Crippen LogP contribution in [0.2, 0.25) is 0 Å². The maximum Gasteiger partial charge on any atom is 0.220 e. The zero-order chi connectivity index (χ0) is 14.8. The van der Waals surface area contributed by atoms with Crippen molar-refractivity contribution in [3.05, 3.63) is 35.6 Å². The predicted octanol–water partition coefficient (Wildman–Crippen LogP) is 2.08. The molecule has 1 amide bonds. The Hall–Kier alpha value is -1.75. The van der Waals surface area contributed by atoms with Gasteiger partial charge in [-0.3, -0.25) is 9.59 Å². The van der Waals surface area contributed by atoms with E-state index in [1.807, 2.05) is 0 Å². The van der Waals surface area contributed by atoms with Gasteiger partial charge >= 0.3 is 0 Å². The van der Waals surface area contributed by atoms with Crippen molar-refractivity contribution in [1.82, 2.24) is 5.32 Å². The number of rotatable bonds is 5. The van der Waals surface area contributed by atoms with Gasteiger partial charge in [0.05, 0.1) is 6.10 Å². The Kier molecular flexibility index (Phi) is 4.01.